The average Bonchev–Trinajstić information content (AvgIpc) is 2.95. The van der Waals surface area contributed by atoms with E-state index in [9.17, 15) is 13.6 Å². The summed E-state index contributed by atoms with van der Waals surface area (Å²) in [6, 6.07) is 4.99. The van der Waals surface area contributed by atoms with Crippen molar-refractivity contribution >= 4 is 17.5 Å². The number of carbonyl (C=O) groups excluding carboxylic acids is 1. The van der Waals surface area contributed by atoms with Gasteiger partial charge in [-0.15, -0.1) is 0 Å². The number of hydrogen-bond acceptors (Lipinski definition) is 3. The molecule has 7 heteroatoms. The van der Waals surface area contributed by atoms with Gasteiger partial charge in [0, 0.05) is 30.4 Å². The number of nitrogens with zero attached hydrogens (tertiary/aromatic N) is 3. The Bertz CT molecular complexity index is 828. The third-order valence-corrected chi connectivity index (χ3v) is 5.46. The van der Waals surface area contributed by atoms with E-state index in [1.54, 1.807) is 0 Å². The van der Waals surface area contributed by atoms with Crippen molar-refractivity contribution in [3.05, 3.63) is 58.1 Å². The van der Waals surface area contributed by atoms with Gasteiger partial charge in [-0.05, 0) is 48.4 Å². The summed E-state index contributed by atoms with van der Waals surface area (Å²) >= 11 is 6.04. The minimum atomic E-state index is -2.51. The molecule has 136 valence electrons. The quantitative estimate of drug-likeness (QED) is 0.818. The molecule has 1 fully saturated rings. The number of amides is 1. The Morgan fingerprint density at radius 3 is 2.62 bits per heavy atom. The van der Waals surface area contributed by atoms with E-state index in [1.165, 1.54) is 28.4 Å². The molecule has 2 unspecified atom stereocenters. The molecule has 0 spiro atoms. The summed E-state index contributed by atoms with van der Waals surface area (Å²) in [5, 5.41) is 0.747. The van der Waals surface area contributed by atoms with Gasteiger partial charge in [-0.1, -0.05) is 17.7 Å². The number of benzene rings is 1. The van der Waals surface area contributed by atoms with Crippen LogP contribution >= 0.6 is 11.6 Å². The number of aromatic nitrogens is 2. The van der Waals surface area contributed by atoms with Crippen molar-refractivity contribution in [2.75, 3.05) is 6.54 Å². The average molecular weight is 378 g/mol. The summed E-state index contributed by atoms with van der Waals surface area (Å²) < 4.78 is 25.6. The second kappa shape index (κ2) is 6.91. The summed E-state index contributed by atoms with van der Waals surface area (Å²) in [5.41, 5.74) is 2.84. The number of fused-ring (bicyclic) bond motifs is 1. The molecule has 1 aliphatic carbocycles. The molecule has 1 aromatic heterocycles. The van der Waals surface area contributed by atoms with Crippen LogP contribution in [0.5, 0.6) is 0 Å². The maximum atomic E-state index is 12.8. The van der Waals surface area contributed by atoms with Crippen LogP contribution in [0.2, 0.25) is 5.02 Å². The number of rotatable bonds is 4. The maximum absolute atomic E-state index is 12.8. The van der Waals surface area contributed by atoms with Gasteiger partial charge >= 0.3 is 0 Å². The lowest BCUT2D eigenvalue weighted by Gasteiger charge is -2.40. The van der Waals surface area contributed by atoms with Crippen LogP contribution in [0.4, 0.5) is 8.78 Å². The van der Waals surface area contributed by atoms with Gasteiger partial charge < -0.3 is 4.90 Å². The minimum absolute atomic E-state index is 0.264. The highest BCUT2D eigenvalue weighted by Crippen LogP contribution is 2.30. The highest BCUT2D eigenvalue weighted by atomic mass is 35.5. The van der Waals surface area contributed by atoms with Gasteiger partial charge in [-0.2, -0.15) is 0 Å². The van der Waals surface area contributed by atoms with E-state index in [2.05, 4.69) is 16.0 Å². The zero-order chi connectivity index (χ0) is 18.3. The Morgan fingerprint density at radius 2 is 1.96 bits per heavy atom. The molecule has 4 nitrogen and oxygen atoms in total. The normalized spacial score (nSPS) is 21.6. The highest BCUT2D eigenvalue weighted by Gasteiger charge is 2.39. The van der Waals surface area contributed by atoms with Crippen LogP contribution in [0.25, 0.3) is 0 Å². The van der Waals surface area contributed by atoms with E-state index in [1.807, 2.05) is 12.1 Å². The highest BCUT2D eigenvalue weighted by molar-refractivity contribution is 6.30. The molecule has 0 N–H and O–H groups in total. The van der Waals surface area contributed by atoms with E-state index >= 15 is 0 Å². The van der Waals surface area contributed by atoms with Gasteiger partial charge in [-0.3, -0.25) is 4.79 Å². The van der Waals surface area contributed by atoms with Gasteiger partial charge in [0.25, 0.3) is 12.3 Å². The topological polar surface area (TPSA) is 46.1 Å². The molecular formula is C19H18ClF2N3O. The first-order chi connectivity index (χ1) is 12.5. The van der Waals surface area contributed by atoms with Crippen LogP contribution in [0.3, 0.4) is 0 Å². The lowest BCUT2D eigenvalue weighted by molar-refractivity contribution is -0.0219. The van der Waals surface area contributed by atoms with Gasteiger partial charge in [0.2, 0.25) is 0 Å². The van der Waals surface area contributed by atoms with Crippen molar-refractivity contribution in [1.29, 1.82) is 0 Å². The number of halogens is 3. The van der Waals surface area contributed by atoms with Crippen molar-refractivity contribution in [2.24, 2.45) is 5.92 Å². The second-order valence-corrected chi connectivity index (χ2v) is 7.40. The molecular weight excluding hydrogens is 360 g/mol. The predicted octanol–water partition coefficient (Wildman–Crippen LogP) is 3.57. The molecule has 0 saturated carbocycles. The number of carbonyl (C=O) groups is 1. The SMILES string of the molecule is O=C(c1cnc(CC2Cc3ccc(Cl)cc3C2)nc1)N1CCC1C(F)F. The molecule has 1 amide bonds. The van der Waals surface area contributed by atoms with Crippen molar-refractivity contribution in [3.8, 4) is 0 Å². The molecule has 0 radical (unpaired) electrons. The molecule has 1 aromatic carbocycles. The Hall–Kier alpha value is -2.08. The Labute approximate surface area is 155 Å². The first-order valence-corrected chi connectivity index (χ1v) is 9.06. The molecule has 2 aliphatic rings. The van der Waals surface area contributed by atoms with Crippen molar-refractivity contribution < 1.29 is 13.6 Å². The lowest BCUT2D eigenvalue weighted by Crippen LogP contribution is -2.54. The Kier molecular flexibility index (Phi) is 4.61. The first kappa shape index (κ1) is 17.3. The second-order valence-electron chi connectivity index (χ2n) is 6.97. The van der Waals surface area contributed by atoms with Crippen LogP contribution < -0.4 is 0 Å². The monoisotopic (exact) mass is 377 g/mol. The molecule has 0 bridgehead atoms. The summed E-state index contributed by atoms with van der Waals surface area (Å²) in [6.07, 6.45) is 3.34. The summed E-state index contributed by atoms with van der Waals surface area (Å²) in [6.45, 7) is 0.360. The molecule has 2 atom stereocenters. The maximum Gasteiger partial charge on any atom is 0.258 e. The van der Waals surface area contributed by atoms with E-state index in [-0.39, 0.29) is 5.56 Å². The molecule has 2 heterocycles. The molecule has 4 rings (SSSR count). The van der Waals surface area contributed by atoms with Gasteiger partial charge in [0.15, 0.2) is 0 Å². The number of hydrogen-bond donors (Lipinski definition) is 0. The Morgan fingerprint density at radius 1 is 1.23 bits per heavy atom. The summed E-state index contributed by atoms with van der Waals surface area (Å²) in [5.74, 6) is 0.652. The van der Waals surface area contributed by atoms with Crippen molar-refractivity contribution in [3.63, 3.8) is 0 Å². The van der Waals surface area contributed by atoms with E-state index < -0.39 is 18.4 Å². The third kappa shape index (κ3) is 3.30. The number of likely N-dealkylation sites (tertiary alicyclic amines) is 1. The van der Waals surface area contributed by atoms with Crippen LogP contribution in [-0.4, -0.2) is 39.8 Å². The summed E-state index contributed by atoms with van der Waals surface area (Å²) in [4.78, 5) is 22.0. The van der Waals surface area contributed by atoms with Gasteiger partial charge in [0.05, 0.1) is 11.6 Å². The first-order valence-electron chi connectivity index (χ1n) is 8.68. The lowest BCUT2D eigenvalue weighted by atomic mass is 10.0. The van der Waals surface area contributed by atoms with Gasteiger partial charge in [-0.25, -0.2) is 18.7 Å². The van der Waals surface area contributed by atoms with Crippen LogP contribution in [-0.2, 0) is 19.3 Å². The Balaban J connectivity index is 1.39. The standard InChI is InChI=1S/C19H18ClF2N3O/c20-15-2-1-12-5-11(6-13(12)8-15)7-17-23-9-14(10-24-17)19(26)25-4-3-16(25)18(21)22/h1-2,8-11,16,18H,3-7H2. The largest absolute Gasteiger partial charge is 0.330 e. The van der Waals surface area contributed by atoms with Crippen LogP contribution in [0.15, 0.2) is 30.6 Å². The predicted molar refractivity (Wildman–Crippen MR) is 93.5 cm³/mol. The number of alkyl halides is 2. The van der Waals surface area contributed by atoms with Crippen molar-refractivity contribution in [2.45, 2.75) is 38.2 Å². The van der Waals surface area contributed by atoms with Crippen LogP contribution in [0, 0.1) is 5.92 Å². The zero-order valence-corrected chi connectivity index (χ0v) is 14.8. The van der Waals surface area contributed by atoms with Crippen molar-refractivity contribution in [1.82, 2.24) is 14.9 Å². The fraction of sp³-hybridized carbons (Fsp3) is 0.421. The zero-order valence-electron chi connectivity index (χ0n) is 14.0. The fourth-order valence-corrected chi connectivity index (χ4v) is 3.93. The van der Waals surface area contributed by atoms with Crippen LogP contribution in [0.1, 0.15) is 33.7 Å². The van der Waals surface area contributed by atoms with E-state index in [0.717, 1.165) is 17.9 Å². The molecule has 1 saturated heterocycles. The van der Waals surface area contributed by atoms with E-state index in [0.29, 0.717) is 31.1 Å². The minimum Gasteiger partial charge on any atom is -0.330 e. The van der Waals surface area contributed by atoms with E-state index in [4.69, 9.17) is 11.6 Å². The third-order valence-electron chi connectivity index (χ3n) is 5.23. The fourth-order valence-electron chi connectivity index (χ4n) is 3.74. The smallest absolute Gasteiger partial charge is 0.258 e. The molecule has 26 heavy (non-hydrogen) atoms. The van der Waals surface area contributed by atoms with Gasteiger partial charge in [0.1, 0.15) is 5.82 Å². The molecule has 1 aliphatic heterocycles. The molecule has 2 aromatic rings. The summed E-state index contributed by atoms with van der Waals surface area (Å²) in [7, 11) is 0.